The van der Waals surface area contributed by atoms with Gasteiger partial charge in [-0.25, -0.2) is 4.98 Å². The van der Waals surface area contributed by atoms with E-state index in [0.717, 1.165) is 22.3 Å². The Labute approximate surface area is 123 Å². The second-order valence-electron chi connectivity index (χ2n) is 5.06. The SMILES string of the molecule is c1ccc(-c2ccc(-c3ccc4cc[nH]c4n3)cc2)cc1. The maximum Gasteiger partial charge on any atom is 0.137 e. The zero-order chi connectivity index (χ0) is 14.1. The Morgan fingerprint density at radius 2 is 1.33 bits per heavy atom. The standard InChI is InChI=1S/C19H14N2/c1-2-4-14(5-3-1)15-6-8-16(9-7-15)18-11-10-17-12-13-20-19(17)21-18/h1-13H,(H,20,21). The largest absolute Gasteiger partial charge is 0.346 e. The topological polar surface area (TPSA) is 28.7 Å². The van der Waals surface area contributed by atoms with Crippen LogP contribution < -0.4 is 0 Å². The molecule has 0 fully saturated rings. The number of pyridine rings is 1. The Morgan fingerprint density at radius 3 is 2.14 bits per heavy atom. The summed E-state index contributed by atoms with van der Waals surface area (Å²) in [7, 11) is 0. The first kappa shape index (κ1) is 11.9. The second kappa shape index (κ2) is 4.91. The molecule has 0 spiro atoms. The number of nitrogens with zero attached hydrogens (tertiary/aromatic N) is 1. The van der Waals surface area contributed by atoms with Crippen LogP contribution in [-0.4, -0.2) is 9.97 Å². The fourth-order valence-corrected chi connectivity index (χ4v) is 2.56. The number of aromatic amines is 1. The predicted octanol–water partition coefficient (Wildman–Crippen LogP) is 4.90. The molecule has 0 aliphatic rings. The van der Waals surface area contributed by atoms with E-state index >= 15 is 0 Å². The summed E-state index contributed by atoms with van der Waals surface area (Å²) in [6, 6.07) is 25.1. The van der Waals surface area contributed by atoms with Crippen molar-refractivity contribution in [2.75, 3.05) is 0 Å². The van der Waals surface area contributed by atoms with Gasteiger partial charge in [-0.2, -0.15) is 0 Å². The van der Waals surface area contributed by atoms with Crippen LogP contribution in [0.4, 0.5) is 0 Å². The van der Waals surface area contributed by atoms with Gasteiger partial charge in [0.2, 0.25) is 0 Å². The maximum absolute atomic E-state index is 4.65. The molecule has 4 rings (SSSR count). The lowest BCUT2D eigenvalue weighted by Gasteiger charge is -2.04. The van der Waals surface area contributed by atoms with Gasteiger partial charge in [0.05, 0.1) is 5.69 Å². The van der Waals surface area contributed by atoms with Crippen molar-refractivity contribution in [3.63, 3.8) is 0 Å². The quantitative estimate of drug-likeness (QED) is 0.551. The van der Waals surface area contributed by atoms with Crippen LogP contribution in [0.3, 0.4) is 0 Å². The maximum atomic E-state index is 4.65. The van der Waals surface area contributed by atoms with E-state index < -0.39 is 0 Å². The van der Waals surface area contributed by atoms with Crippen molar-refractivity contribution in [1.29, 1.82) is 0 Å². The summed E-state index contributed by atoms with van der Waals surface area (Å²) in [4.78, 5) is 7.81. The highest BCUT2D eigenvalue weighted by Gasteiger charge is 2.03. The lowest BCUT2D eigenvalue weighted by molar-refractivity contribution is 1.32. The smallest absolute Gasteiger partial charge is 0.137 e. The van der Waals surface area contributed by atoms with Gasteiger partial charge in [-0.3, -0.25) is 0 Å². The third kappa shape index (κ3) is 2.21. The number of aromatic nitrogens is 2. The fourth-order valence-electron chi connectivity index (χ4n) is 2.56. The molecule has 0 radical (unpaired) electrons. The highest BCUT2D eigenvalue weighted by Crippen LogP contribution is 2.24. The van der Waals surface area contributed by atoms with Crippen LogP contribution in [0, 0.1) is 0 Å². The van der Waals surface area contributed by atoms with Crippen LogP contribution in [0.5, 0.6) is 0 Å². The summed E-state index contributed by atoms with van der Waals surface area (Å²) >= 11 is 0. The lowest BCUT2D eigenvalue weighted by Crippen LogP contribution is -1.85. The molecule has 0 saturated carbocycles. The minimum Gasteiger partial charge on any atom is -0.346 e. The van der Waals surface area contributed by atoms with Gasteiger partial charge in [-0.05, 0) is 29.3 Å². The molecule has 0 atom stereocenters. The van der Waals surface area contributed by atoms with Gasteiger partial charge in [0.25, 0.3) is 0 Å². The van der Waals surface area contributed by atoms with Crippen molar-refractivity contribution >= 4 is 11.0 Å². The van der Waals surface area contributed by atoms with Crippen molar-refractivity contribution in [3.8, 4) is 22.4 Å². The Bertz CT molecular complexity index is 874. The van der Waals surface area contributed by atoms with Gasteiger partial charge < -0.3 is 4.98 Å². The van der Waals surface area contributed by atoms with E-state index in [1.54, 1.807) is 0 Å². The van der Waals surface area contributed by atoms with Crippen LogP contribution in [0.2, 0.25) is 0 Å². The third-order valence-corrected chi connectivity index (χ3v) is 3.70. The van der Waals surface area contributed by atoms with Crippen LogP contribution in [0.25, 0.3) is 33.4 Å². The molecule has 2 aromatic heterocycles. The summed E-state index contributed by atoms with van der Waals surface area (Å²) in [5, 5.41) is 1.14. The summed E-state index contributed by atoms with van der Waals surface area (Å²) in [6.07, 6.45) is 1.92. The number of hydrogen-bond donors (Lipinski definition) is 1. The van der Waals surface area contributed by atoms with Crippen LogP contribution in [-0.2, 0) is 0 Å². The Hall–Kier alpha value is -2.87. The minimum absolute atomic E-state index is 0.930. The molecule has 0 amide bonds. The summed E-state index contributed by atoms with van der Waals surface area (Å²) in [6.45, 7) is 0. The molecule has 0 bridgehead atoms. The molecule has 21 heavy (non-hydrogen) atoms. The number of fused-ring (bicyclic) bond motifs is 1. The molecule has 4 aromatic rings. The monoisotopic (exact) mass is 270 g/mol. The van der Waals surface area contributed by atoms with Crippen LogP contribution in [0.15, 0.2) is 79.0 Å². The first-order valence-electron chi connectivity index (χ1n) is 7.00. The van der Waals surface area contributed by atoms with Gasteiger partial charge in [0.15, 0.2) is 0 Å². The molecular weight excluding hydrogens is 256 g/mol. The van der Waals surface area contributed by atoms with E-state index in [1.165, 1.54) is 11.1 Å². The summed E-state index contributed by atoms with van der Waals surface area (Å²) in [5.74, 6) is 0. The van der Waals surface area contributed by atoms with Crippen molar-refractivity contribution in [1.82, 2.24) is 9.97 Å². The van der Waals surface area contributed by atoms with Crippen molar-refractivity contribution in [2.45, 2.75) is 0 Å². The van der Waals surface area contributed by atoms with Crippen LogP contribution >= 0.6 is 0 Å². The number of hydrogen-bond acceptors (Lipinski definition) is 1. The van der Waals surface area contributed by atoms with Gasteiger partial charge in [-0.1, -0.05) is 54.6 Å². The van der Waals surface area contributed by atoms with Gasteiger partial charge in [0, 0.05) is 17.1 Å². The molecule has 1 N–H and O–H groups in total. The molecule has 0 aliphatic carbocycles. The molecule has 2 aromatic carbocycles. The number of nitrogens with one attached hydrogen (secondary N) is 1. The summed E-state index contributed by atoms with van der Waals surface area (Å²) in [5.41, 5.74) is 5.51. The third-order valence-electron chi connectivity index (χ3n) is 3.70. The highest BCUT2D eigenvalue weighted by molar-refractivity contribution is 5.79. The molecule has 2 heteroatoms. The second-order valence-corrected chi connectivity index (χ2v) is 5.06. The highest BCUT2D eigenvalue weighted by atomic mass is 14.8. The fraction of sp³-hybridized carbons (Fsp3) is 0. The van der Waals surface area contributed by atoms with E-state index in [2.05, 4.69) is 70.6 Å². The van der Waals surface area contributed by atoms with Crippen LogP contribution in [0.1, 0.15) is 0 Å². The zero-order valence-corrected chi connectivity index (χ0v) is 11.5. The average Bonchev–Trinajstić information content (AvgIpc) is 3.03. The van der Waals surface area contributed by atoms with E-state index in [9.17, 15) is 0 Å². The van der Waals surface area contributed by atoms with Crippen molar-refractivity contribution < 1.29 is 0 Å². The molecular formula is C19H14N2. The summed E-state index contributed by atoms with van der Waals surface area (Å²) < 4.78 is 0. The predicted molar refractivity (Wildman–Crippen MR) is 87.0 cm³/mol. The van der Waals surface area contributed by atoms with E-state index in [1.807, 2.05) is 18.3 Å². The lowest BCUT2D eigenvalue weighted by atomic mass is 10.0. The van der Waals surface area contributed by atoms with E-state index in [4.69, 9.17) is 0 Å². The van der Waals surface area contributed by atoms with Crippen molar-refractivity contribution in [3.05, 3.63) is 79.0 Å². The number of H-pyrrole nitrogens is 1. The molecule has 0 aliphatic heterocycles. The van der Waals surface area contributed by atoms with Crippen molar-refractivity contribution in [2.24, 2.45) is 0 Å². The molecule has 0 saturated heterocycles. The van der Waals surface area contributed by atoms with Gasteiger partial charge >= 0.3 is 0 Å². The number of rotatable bonds is 2. The molecule has 2 heterocycles. The van der Waals surface area contributed by atoms with E-state index in [-0.39, 0.29) is 0 Å². The Morgan fingerprint density at radius 1 is 0.619 bits per heavy atom. The Balaban J connectivity index is 1.72. The molecule has 2 nitrogen and oxygen atoms in total. The average molecular weight is 270 g/mol. The molecule has 100 valence electrons. The van der Waals surface area contributed by atoms with Gasteiger partial charge in [-0.15, -0.1) is 0 Å². The first-order valence-corrected chi connectivity index (χ1v) is 7.00. The number of benzene rings is 2. The normalized spacial score (nSPS) is 10.9. The minimum atomic E-state index is 0.930. The Kier molecular flexibility index (Phi) is 2.79. The van der Waals surface area contributed by atoms with Gasteiger partial charge in [0.1, 0.15) is 5.65 Å². The first-order chi connectivity index (χ1) is 10.4. The van der Waals surface area contributed by atoms with E-state index in [0.29, 0.717) is 0 Å². The molecule has 0 unspecified atom stereocenters. The zero-order valence-electron chi connectivity index (χ0n) is 11.5.